The van der Waals surface area contributed by atoms with E-state index in [0.717, 1.165) is 6.07 Å². The van der Waals surface area contributed by atoms with Gasteiger partial charge in [-0.25, -0.2) is 9.37 Å². The number of rotatable bonds is 5. The number of benzene rings is 2. The van der Waals surface area contributed by atoms with Gasteiger partial charge in [0, 0.05) is 18.7 Å². The summed E-state index contributed by atoms with van der Waals surface area (Å²) in [7, 11) is 1.59. The fraction of sp³-hybridized carbons (Fsp3) is 0.111. The summed E-state index contributed by atoms with van der Waals surface area (Å²) in [5, 5.41) is 5.85. The van der Waals surface area contributed by atoms with Crippen molar-refractivity contribution in [3.05, 3.63) is 59.4 Å². The van der Waals surface area contributed by atoms with Gasteiger partial charge in [-0.15, -0.1) is 13.2 Å². The number of halogens is 5. The van der Waals surface area contributed by atoms with E-state index < -0.39 is 12.2 Å². The van der Waals surface area contributed by atoms with Gasteiger partial charge >= 0.3 is 6.36 Å². The van der Waals surface area contributed by atoms with Crippen LogP contribution in [0.2, 0.25) is 5.02 Å². The van der Waals surface area contributed by atoms with Gasteiger partial charge in [-0.2, -0.15) is 4.98 Å². The van der Waals surface area contributed by atoms with Gasteiger partial charge in [0.25, 0.3) is 0 Å². The molecule has 0 bridgehead atoms. The zero-order valence-electron chi connectivity index (χ0n) is 14.3. The molecule has 2 aromatic carbocycles. The maximum atomic E-state index is 13.2. The molecule has 0 saturated heterocycles. The van der Waals surface area contributed by atoms with Crippen molar-refractivity contribution in [2.24, 2.45) is 0 Å². The maximum Gasteiger partial charge on any atom is 0.573 e. The predicted molar refractivity (Wildman–Crippen MR) is 98.4 cm³/mol. The maximum absolute atomic E-state index is 13.2. The summed E-state index contributed by atoms with van der Waals surface area (Å²) in [6, 6.07) is 10.7. The molecule has 3 aromatic rings. The number of hydrogen-bond donors (Lipinski definition) is 2. The summed E-state index contributed by atoms with van der Waals surface area (Å²) in [4.78, 5) is 8.47. The summed E-state index contributed by atoms with van der Waals surface area (Å²) in [6.07, 6.45) is -4.80. The molecule has 0 radical (unpaired) electrons. The van der Waals surface area contributed by atoms with Gasteiger partial charge in [0.1, 0.15) is 17.4 Å². The molecule has 28 heavy (non-hydrogen) atoms. The number of ether oxygens (including phenoxy) is 1. The van der Waals surface area contributed by atoms with Crippen LogP contribution in [0.1, 0.15) is 0 Å². The Labute approximate surface area is 162 Å². The lowest BCUT2D eigenvalue weighted by atomic mass is 10.1. The standard InChI is InChI=1S/C18H13ClF4N4O/c1-24-17-26-15(10-3-2-4-12(7-10)28-18(21,22)23)9-16(27-17)25-14-6-5-11(20)8-13(14)19/h2-9H,1H3,(H2,24,25,26,27). The van der Waals surface area contributed by atoms with Crippen LogP contribution in [0.5, 0.6) is 5.75 Å². The van der Waals surface area contributed by atoms with E-state index in [1.165, 1.54) is 36.4 Å². The molecule has 3 rings (SSSR count). The van der Waals surface area contributed by atoms with Gasteiger partial charge in [0.05, 0.1) is 16.4 Å². The summed E-state index contributed by atoms with van der Waals surface area (Å²) in [5.41, 5.74) is 1.13. The smallest absolute Gasteiger partial charge is 0.406 e. The first kappa shape index (κ1) is 19.7. The molecular formula is C18H13ClF4N4O. The molecule has 10 heteroatoms. The van der Waals surface area contributed by atoms with E-state index in [-0.39, 0.29) is 16.7 Å². The van der Waals surface area contributed by atoms with E-state index in [1.807, 2.05) is 0 Å². The quantitative estimate of drug-likeness (QED) is 0.533. The van der Waals surface area contributed by atoms with Crippen LogP contribution in [-0.4, -0.2) is 23.4 Å². The minimum absolute atomic E-state index is 0.145. The molecule has 0 fully saturated rings. The number of alkyl halides is 3. The van der Waals surface area contributed by atoms with Crippen LogP contribution in [0.25, 0.3) is 11.3 Å². The normalized spacial score (nSPS) is 11.2. The van der Waals surface area contributed by atoms with Gasteiger partial charge in [-0.3, -0.25) is 0 Å². The number of nitrogens with one attached hydrogen (secondary N) is 2. The highest BCUT2D eigenvalue weighted by atomic mass is 35.5. The number of hydrogen-bond acceptors (Lipinski definition) is 5. The summed E-state index contributed by atoms with van der Waals surface area (Å²) in [6.45, 7) is 0. The lowest BCUT2D eigenvalue weighted by Gasteiger charge is -2.12. The molecule has 0 aliphatic carbocycles. The lowest BCUT2D eigenvalue weighted by Crippen LogP contribution is -2.17. The number of anilines is 3. The second kappa shape index (κ2) is 7.89. The molecule has 1 heterocycles. The van der Waals surface area contributed by atoms with E-state index in [4.69, 9.17) is 11.6 Å². The molecule has 146 valence electrons. The van der Waals surface area contributed by atoms with Crippen LogP contribution >= 0.6 is 11.6 Å². The lowest BCUT2D eigenvalue weighted by molar-refractivity contribution is -0.274. The number of nitrogens with zero attached hydrogens (tertiary/aromatic N) is 2. The largest absolute Gasteiger partial charge is 0.573 e. The Bertz CT molecular complexity index is 998. The molecule has 0 aliphatic heterocycles. The molecule has 5 nitrogen and oxygen atoms in total. The zero-order chi connectivity index (χ0) is 20.3. The Morgan fingerprint density at radius 2 is 1.82 bits per heavy atom. The van der Waals surface area contributed by atoms with Gasteiger partial charge in [-0.05, 0) is 30.3 Å². The minimum atomic E-state index is -4.80. The van der Waals surface area contributed by atoms with E-state index in [0.29, 0.717) is 22.8 Å². The van der Waals surface area contributed by atoms with Crippen LogP contribution < -0.4 is 15.4 Å². The molecule has 0 aliphatic rings. The first-order valence-corrected chi connectivity index (χ1v) is 8.26. The SMILES string of the molecule is CNc1nc(Nc2ccc(F)cc2Cl)cc(-c2cccc(OC(F)(F)F)c2)n1. The molecule has 1 aromatic heterocycles. The highest BCUT2D eigenvalue weighted by Crippen LogP contribution is 2.30. The molecule has 0 spiro atoms. The molecule has 0 saturated carbocycles. The Morgan fingerprint density at radius 3 is 2.50 bits per heavy atom. The van der Waals surface area contributed by atoms with Crippen molar-refractivity contribution in [1.82, 2.24) is 9.97 Å². The second-order valence-corrected chi connectivity index (χ2v) is 5.94. The topological polar surface area (TPSA) is 59.1 Å². The van der Waals surface area contributed by atoms with Crippen molar-refractivity contribution in [1.29, 1.82) is 0 Å². The van der Waals surface area contributed by atoms with Crippen molar-refractivity contribution in [3.63, 3.8) is 0 Å². The van der Waals surface area contributed by atoms with Crippen LogP contribution in [0.4, 0.5) is 35.0 Å². The number of aromatic nitrogens is 2. The zero-order valence-corrected chi connectivity index (χ0v) is 15.1. The fourth-order valence-corrected chi connectivity index (χ4v) is 2.57. The third kappa shape index (κ3) is 5.01. The van der Waals surface area contributed by atoms with Crippen molar-refractivity contribution in [2.75, 3.05) is 17.7 Å². The Kier molecular flexibility index (Phi) is 5.55. The average Bonchev–Trinajstić information content (AvgIpc) is 2.62. The average molecular weight is 413 g/mol. The predicted octanol–water partition coefficient (Wildman–Crippen LogP) is 5.62. The van der Waals surface area contributed by atoms with Gasteiger partial charge in [-0.1, -0.05) is 23.7 Å². The first-order chi connectivity index (χ1) is 13.2. The van der Waals surface area contributed by atoms with Crippen molar-refractivity contribution in [2.45, 2.75) is 6.36 Å². The van der Waals surface area contributed by atoms with Gasteiger partial charge in [0.15, 0.2) is 0 Å². The van der Waals surface area contributed by atoms with E-state index in [2.05, 4.69) is 25.3 Å². The summed E-state index contributed by atoms with van der Waals surface area (Å²) in [5.74, 6) is -0.326. The highest BCUT2D eigenvalue weighted by Gasteiger charge is 2.31. The summed E-state index contributed by atoms with van der Waals surface area (Å²) < 4.78 is 54.5. The van der Waals surface area contributed by atoms with Gasteiger partial charge < -0.3 is 15.4 Å². The monoisotopic (exact) mass is 412 g/mol. The Morgan fingerprint density at radius 1 is 1.04 bits per heavy atom. The Hall–Kier alpha value is -3.07. The third-order valence-electron chi connectivity index (χ3n) is 3.51. The van der Waals surface area contributed by atoms with Crippen LogP contribution in [0, 0.1) is 5.82 Å². The van der Waals surface area contributed by atoms with E-state index in [9.17, 15) is 17.6 Å². The van der Waals surface area contributed by atoms with Gasteiger partial charge in [0.2, 0.25) is 5.95 Å². The summed E-state index contributed by atoms with van der Waals surface area (Å²) >= 11 is 6.01. The molecular weight excluding hydrogens is 400 g/mol. The van der Waals surface area contributed by atoms with E-state index >= 15 is 0 Å². The fourth-order valence-electron chi connectivity index (χ4n) is 2.35. The van der Waals surface area contributed by atoms with Crippen molar-refractivity contribution < 1.29 is 22.3 Å². The first-order valence-electron chi connectivity index (χ1n) is 7.88. The molecule has 2 N–H and O–H groups in total. The second-order valence-electron chi connectivity index (χ2n) is 5.54. The molecule has 0 unspecified atom stereocenters. The molecule has 0 atom stereocenters. The van der Waals surface area contributed by atoms with Crippen LogP contribution in [-0.2, 0) is 0 Å². The van der Waals surface area contributed by atoms with Crippen LogP contribution in [0.3, 0.4) is 0 Å². The third-order valence-corrected chi connectivity index (χ3v) is 3.82. The van der Waals surface area contributed by atoms with Crippen LogP contribution in [0.15, 0.2) is 48.5 Å². The Balaban J connectivity index is 1.96. The molecule has 0 amide bonds. The van der Waals surface area contributed by atoms with Crippen molar-refractivity contribution in [3.8, 4) is 17.0 Å². The minimum Gasteiger partial charge on any atom is -0.406 e. The highest BCUT2D eigenvalue weighted by molar-refractivity contribution is 6.33. The van der Waals surface area contributed by atoms with E-state index in [1.54, 1.807) is 13.1 Å². The van der Waals surface area contributed by atoms with Crippen molar-refractivity contribution >= 4 is 29.1 Å².